The van der Waals surface area contributed by atoms with Crippen molar-refractivity contribution in [2.75, 3.05) is 17.7 Å². The third kappa shape index (κ3) is 1.35. The maximum Gasteiger partial charge on any atom is 0.217 e. The molecule has 1 aliphatic heterocycles. The normalized spacial score (nSPS) is 14.1. The quantitative estimate of drug-likeness (QED) is 0.797. The summed E-state index contributed by atoms with van der Waals surface area (Å²) in [5.74, 6) is 2.11. The Morgan fingerprint density at radius 2 is 1.75 bits per heavy atom. The standard InChI is InChI=1S/C10H10N4O2/c1-15-7-4-2-6(3-5-7)8-11-9-10(12-8)14-16-13-9/h2-5,8H,1H3,(H,11,13)(H,12,14). The van der Waals surface area contributed by atoms with Crippen LogP contribution in [0.3, 0.4) is 0 Å². The summed E-state index contributed by atoms with van der Waals surface area (Å²) in [4.78, 5) is 0. The lowest BCUT2D eigenvalue weighted by Gasteiger charge is -2.12. The Morgan fingerprint density at radius 1 is 1.12 bits per heavy atom. The van der Waals surface area contributed by atoms with Crippen LogP contribution in [-0.2, 0) is 0 Å². The second-order valence-electron chi connectivity index (χ2n) is 3.46. The highest BCUT2D eigenvalue weighted by molar-refractivity contribution is 5.65. The SMILES string of the molecule is COc1ccc(C2Nc3nonc3N2)cc1. The minimum absolute atomic E-state index is 0.0210. The summed E-state index contributed by atoms with van der Waals surface area (Å²) in [5.41, 5.74) is 1.08. The average Bonchev–Trinajstić information content (AvgIpc) is 2.89. The number of fused-ring (bicyclic) bond motifs is 1. The molecule has 0 unspecified atom stereocenters. The largest absolute Gasteiger partial charge is 0.497 e. The lowest BCUT2D eigenvalue weighted by Crippen LogP contribution is -2.12. The van der Waals surface area contributed by atoms with Gasteiger partial charge in [0.25, 0.3) is 0 Å². The molecule has 0 bridgehead atoms. The van der Waals surface area contributed by atoms with Crippen molar-refractivity contribution in [3.8, 4) is 5.75 Å². The van der Waals surface area contributed by atoms with Crippen molar-refractivity contribution in [1.82, 2.24) is 10.3 Å². The average molecular weight is 218 g/mol. The molecule has 0 amide bonds. The number of benzene rings is 1. The van der Waals surface area contributed by atoms with E-state index in [-0.39, 0.29) is 6.17 Å². The van der Waals surface area contributed by atoms with E-state index in [0.29, 0.717) is 11.6 Å². The maximum atomic E-state index is 5.10. The first kappa shape index (κ1) is 9.02. The summed E-state index contributed by atoms with van der Waals surface area (Å²) in [6.45, 7) is 0. The molecule has 6 nitrogen and oxygen atoms in total. The molecule has 1 aromatic heterocycles. The van der Waals surface area contributed by atoms with Gasteiger partial charge in [-0.05, 0) is 28.0 Å². The zero-order chi connectivity index (χ0) is 11.0. The van der Waals surface area contributed by atoms with Crippen molar-refractivity contribution in [2.24, 2.45) is 0 Å². The molecule has 0 radical (unpaired) electrons. The second-order valence-corrected chi connectivity index (χ2v) is 3.46. The molecule has 1 aromatic carbocycles. The zero-order valence-corrected chi connectivity index (χ0v) is 8.60. The fourth-order valence-electron chi connectivity index (χ4n) is 1.65. The summed E-state index contributed by atoms with van der Waals surface area (Å²) in [5, 5.41) is 13.7. The van der Waals surface area contributed by atoms with Crippen molar-refractivity contribution >= 4 is 11.6 Å². The van der Waals surface area contributed by atoms with Gasteiger partial charge in [-0.2, -0.15) is 0 Å². The van der Waals surface area contributed by atoms with Gasteiger partial charge in [-0.1, -0.05) is 12.1 Å². The molecule has 2 heterocycles. The molecule has 6 heteroatoms. The first-order chi connectivity index (χ1) is 7.86. The van der Waals surface area contributed by atoms with E-state index in [2.05, 4.69) is 25.6 Å². The van der Waals surface area contributed by atoms with Crippen LogP contribution < -0.4 is 15.4 Å². The summed E-state index contributed by atoms with van der Waals surface area (Å²) in [6, 6.07) is 7.78. The van der Waals surface area contributed by atoms with Gasteiger partial charge < -0.3 is 15.4 Å². The summed E-state index contributed by atoms with van der Waals surface area (Å²) in [7, 11) is 1.65. The predicted octanol–water partition coefficient (Wildman–Crippen LogP) is 1.61. The molecule has 2 N–H and O–H groups in total. The topological polar surface area (TPSA) is 72.2 Å². The van der Waals surface area contributed by atoms with Gasteiger partial charge in [0, 0.05) is 0 Å². The molecular formula is C10H10N4O2. The van der Waals surface area contributed by atoms with Gasteiger partial charge >= 0.3 is 0 Å². The Kier molecular flexibility index (Phi) is 1.92. The summed E-state index contributed by atoms with van der Waals surface area (Å²) < 4.78 is 9.66. The smallest absolute Gasteiger partial charge is 0.217 e. The van der Waals surface area contributed by atoms with Crippen LogP contribution in [0, 0.1) is 0 Å². The molecule has 16 heavy (non-hydrogen) atoms. The Hall–Kier alpha value is -2.24. The van der Waals surface area contributed by atoms with Gasteiger partial charge in [0.2, 0.25) is 11.6 Å². The van der Waals surface area contributed by atoms with Gasteiger partial charge in [-0.15, -0.1) is 0 Å². The van der Waals surface area contributed by atoms with Gasteiger partial charge in [-0.25, -0.2) is 4.63 Å². The lowest BCUT2D eigenvalue weighted by molar-refractivity contribution is 0.308. The van der Waals surface area contributed by atoms with E-state index in [4.69, 9.17) is 4.74 Å². The highest BCUT2D eigenvalue weighted by Crippen LogP contribution is 2.32. The van der Waals surface area contributed by atoms with Crippen LogP contribution in [0.2, 0.25) is 0 Å². The van der Waals surface area contributed by atoms with Gasteiger partial charge in [0.1, 0.15) is 11.9 Å². The second kappa shape index (κ2) is 3.41. The van der Waals surface area contributed by atoms with Crippen LogP contribution in [-0.4, -0.2) is 17.4 Å². The first-order valence-corrected chi connectivity index (χ1v) is 4.86. The van der Waals surface area contributed by atoms with Crippen molar-refractivity contribution in [3.05, 3.63) is 29.8 Å². The van der Waals surface area contributed by atoms with E-state index < -0.39 is 0 Å². The fourth-order valence-corrected chi connectivity index (χ4v) is 1.65. The molecule has 0 saturated carbocycles. The Labute approximate surface area is 91.6 Å². The number of hydrogen-bond acceptors (Lipinski definition) is 6. The van der Waals surface area contributed by atoms with E-state index in [1.54, 1.807) is 7.11 Å². The first-order valence-electron chi connectivity index (χ1n) is 4.86. The Morgan fingerprint density at radius 3 is 2.31 bits per heavy atom. The van der Waals surface area contributed by atoms with Crippen molar-refractivity contribution in [2.45, 2.75) is 6.17 Å². The zero-order valence-electron chi connectivity index (χ0n) is 8.60. The van der Waals surface area contributed by atoms with Crippen molar-refractivity contribution in [3.63, 3.8) is 0 Å². The van der Waals surface area contributed by atoms with E-state index >= 15 is 0 Å². The maximum absolute atomic E-state index is 5.10. The molecule has 0 atom stereocenters. The molecular weight excluding hydrogens is 208 g/mol. The highest BCUT2D eigenvalue weighted by atomic mass is 16.6. The number of nitrogens with one attached hydrogen (secondary N) is 2. The lowest BCUT2D eigenvalue weighted by atomic mass is 10.2. The van der Waals surface area contributed by atoms with E-state index in [9.17, 15) is 0 Å². The van der Waals surface area contributed by atoms with Crippen LogP contribution in [0.4, 0.5) is 11.6 Å². The van der Waals surface area contributed by atoms with Crippen molar-refractivity contribution in [1.29, 1.82) is 0 Å². The van der Waals surface area contributed by atoms with E-state index in [1.807, 2.05) is 24.3 Å². The number of hydrogen-bond donors (Lipinski definition) is 2. The number of anilines is 2. The van der Waals surface area contributed by atoms with Gasteiger partial charge in [0.15, 0.2) is 0 Å². The third-order valence-electron chi connectivity index (χ3n) is 2.50. The molecule has 0 saturated heterocycles. The van der Waals surface area contributed by atoms with Crippen LogP contribution in [0.1, 0.15) is 11.7 Å². The molecule has 3 rings (SSSR count). The molecule has 82 valence electrons. The van der Waals surface area contributed by atoms with Crippen LogP contribution in [0.5, 0.6) is 5.75 Å². The van der Waals surface area contributed by atoms with Crippen molar-refractivity contribution < 1.29 is 9.37 Å². The minimum atomic E-state index is -0.0210. The highest BCUT2D eigenvalue weighted by Gasteiger charge is 2.25. The number of rotatable bonds is 2. The minimum Gasteiger partial charge on any atom is -0.497 e. The monoisotopic (exact) mass is 218 g/mol. The van der Waals surface area contributed by atoms with Crippen LogP contribution in [0.15, 0.2) is 28.9 Å². The number of aromatic nitrogens is 2. The van der Waals surface area contributed by atoms with Crippen LogP contribution in [0.25, 0.3) is 0 Å². The number of ether oxygens (including phenoxy) is 1. The number of nitrogens with zero attached hydrogens (tertiary/aromatic N) is 2. The molecule has 0 fully saturated rings. The van der Waals surface area contributed by atoms with Crippen LogP contribution >= 0.6 is 0 Å². The molecule has 0 spiro atoms. The van der Waals surface area contributed by atoms with Gasteiger partial charge in [-0.3, -0.25) is 0 Å². The molecule has 2 aromatic rings. The Bertz CT molecular complexity index is 473. The van der Waals surface area contributed by atoms with E-state index in [0.717, 1.165) is 11.3 Å². The summed E-state index contributed by atoms with van der Waals surface area (Å²) >= 11 is 0. The Balaban J connectivity index is 1.82. The third-order valence-corrected chi connectivity index (χ3v) is 2.50. The fraction of sp³-hybridized carbons (Fsp3) is 0.200. The molecule has 1 aliphatic rings. The predicted molar refractivity (Wildman–Crippen MR) is 57.3 cm³/mol. The van der Waals surface area contributed by atoms with Gasteiger partial charge in [0.05, 0.1) is 7.11 Å². The van der Waals surface area contributed by atoms with E-state index in [1.165, 1.54) is 0 Å². The summed E-state index contributed by atoms with van der Waals surface area (Å²) in [6.07, 6.45) is -0.0210. The molecule has 0 aliphatic carbocycles. The number of methoxy groups -OCH3 is 1.